The highest BCUT2D eigenvalue weighted by molar-refractivity contribution is 9.10. The predicted octanol–water partition coefficient (Wildman–Crippen LogP) is 4.49. The van der Waals surface area contributed by atoms with E-state index in [1.807, 2.05) is 26.0 Å². The molecule has 1 unspecified atom stereocenters. The Hall–Kier alpha value is -2.10. The summed E-state index contributed by atoms with van der Waals surface area (Å²) in [5.41, 5.74) is 0.768. The van der Waals surface area contributed by atoms with Crippen molar-refractivity contribution >= 4 is 52.1 Å². The Labute approximate surface area is 206 Å². The molecule has 2 atom stereocenters. The molecule has 1 aliphatic rings. The molecule has 9 nitrogen and oxygen atoms in total. The molecule has 0 saturated carbocycles. The van der Waals surface area contributed by atoms with E-state index < -0.39 is 37.2 Å². The fourth-order valence-electron chi connectivity index (χ4n) is 4.17. The highest BCUT2D eigenvalue weighted by Crippen LogP contribution is 2.52. The van der Waals surface area contributed by atoms with Gasteiger partial charge in [0.25, 0.3) is 11.8 Å². The second kappa shape index (κ2) is 10.7. The van der Waals surface area contributed by atoms with Crippen molar-refractivity contribution < 1.29 is 33.1 Å². The lowest BCUT2D eigenvalue weighted by Gasteiger charge is -2.32. The zero-order valence-electron chi connectivity index (χ0n) is 19.4. The van der Waals surface area contributed by atoms with E-state index in [1.54, 1.807) is 18.2 Å². The van der Waals surface area contributed by atoms with E-state index in [4.69, 9.17) is 9.05 Å². The molecule has 2 amide bonds. The predicted molar refractivity (Wildman–Crippen MR) is 131 cm³/mol. The second-order valence-corrected chi connectivity index (χ2v) is 11.8. The minimum Gasteiger partial charge on any atom is -0.480 e. The van der Waals surface area contributed by atoms with Crippen LogP contribution >= 0.6 is 23.5 Å². The van der Waals surface area contributed by atoms with E-state index in [9.17, 15) is 24.1 Å². The van der Waals surface area contributed by atoms with Crippen LogP contribution in [0.4, 0.5) is 0 Å². The van der Waals surface area contributed by atoms with E-state index in [1.165, 1.54) is 14.2 Å². The first kappa shape index (κ1) is 26.5. The van der Waals surface area contributed by atoms with Crippen molar-refractivity contribution in [3.63, 3.8) is 0 Å². The van der Waals surface area contributed by atoms with Gasteiger partial charge in [-0.2, -0.15) is 0 Å². The van der Waals surface area contributed by atoms with Gasteiger partial charge in [0.2, 0.25) is 0 Å². The molecule has 1 heterocycles. The van der Waals surface area contributed by atoms with Crippen LogP contribution in [0.3, 0.4) is 0 Å². The molecule has 2 aromatic carbocycles. The molecule has 2 N–H and O–H groups in total. The summed E-state index contributed by atoms with van der Waals surface area (Å²) in [7, 11) is -1.37. The summed E-state index contributed by atoms with van der Waals surface area (Å²) in [6.45, 7) is 3.64. The quantitative estimate of drug-likeness (QED) is 0.307. The van der Waals surface area contributed by atoms with E-state index in [2.05, 4.69) is 21.2 Å². The maximum Gasteiger partial charge on any atom is 0.346 e. The SMILES string of the molecule is COP(=O)(OC)[C@@H](CCN1C(=O)c2cccc3ccc(Br)c(c23)C1=O)NC(CC(C)C)C(=O)O. The highest BCUT2D eigenvalue weighted by Gasteiger charge is 2.40. The molecule has 0 fully saturated rings. The molecular formula is C23H28BrN2O7P. The number of carboxylic acids is 1. The smallest absolute Gasteiger partial charge is 0.346 e. The standard InChI is InChI=1S/C23H28BrN2O7P/c1-13(2)12-17(23(29)30)25-18(34(31,32-3)33-4)10-11-26-21(27)15-7-5-6-14-8-9-16(24)20(19(14)15)22(26)28/h5-9,13,17-18,25H,10-12H2,1-4H3,(H,29,30)/t17?,18-/m0/s1. The summed E-state index contributed by atoms with van der Waals surface area (Å²) in [6, 6.07) is 7.81. The summed E-state index contributed by atoms with van der Waals surface area (Å²) in [5.74, 6) is -3.06. The van der Waals surface area contributed by atoms with Crippen LogP contribution in [0.1, 0.15) is 47.4 Å². The van der Waals surface area contributed by atoms with Gasteiger partial charge in [-0.15, -0.1) is 0 Å². The Morgan fingerprint density at radius 1 is 1.15 bits per heavy atom. The second-order valence-electron chi connectivity index (χ2n) is 8.48. The van der Waals surface area contributed by atoms with Crippen LogP contribution in [-0.2, 0) is 18.4 Å². The van der Waals surface area contributed by atoms with E-state index in [0.29, 0.717) is 21.0 Å². The topological polar surface area (TPSA) is 122 Å². The van der Waals surface area contributed by atoms with Gasteiger partial charge in [0, 0.05) is 36.2 Å². The molecule has 0 radical (unpaired) electrons. The summed E-state index contributed by atoms with van der Waals surface area (Å²) < 4.78 is 24.1. The van der Waals surface area contributed by atoms with Gasteiger partial charge in [0.05, 0.1) is 5.56 Å². The fourth-order valence-corrected chi connectivity index (χ4v) is 6.13. The Morgan fingerprint density at radius 3 is 2.41 bits per heavy atom. The lowest BCUT2D eigenvalue weighted by molar-refractivity contribution is -0.140. The van der Waals surface area contributed by atoms with Crippen LogP contribution in [-0.4, -0.2) is 60.4 Å². The summed E-state index contributed by atoms with van der Waals surface area (Å²) in [4.78, 5) is 39.5. The Bertz CT molecular complexity index is 1160. The number of hydrogen-bond donors (Lipinski definition) is 2. The van der Waals surface area contributed by atoms with Crippen molar-refractivity contribution in [3.05, 3.63) is 45.9 Å². The third-order valence-corrected chi connectivity index (χ3v) is 8.69. The van der Waals surface area contributed by atoms with Crippen LogP contribution in [0.25, 0.3) is 10.8 Å². The van der Waals surface area contributed by atoms with Crippen molar-refractivity contribution in [2.24, 2.45) is 5.92 Å². The zero-order valence-corrected chi connectivity index (χ0v) is 21.9. The van der Waals surface area contributed by atoms with Crippen LogP contribution in [0, 0.1) is 5.92 Å². The summed E-state index contributed by atoms with van der Waals surface area (Å²) in [6.07, 6.45) is 0.247. The number of benzene rings is 2. The summed E-state index contributed by atoms with van der Waals surface area (Å²) >= 11 is 3.42. The zero-order chi connectivity index (χ0) is 25.2. The first-order valence-corrected chi connectivity index (χ1v) is 13.2. The number of imide groups is 1. The maximum atomic E-state index is 13.3. The minimum absolute atomic E-state index is 0.0337. The molecule has 3 rings (SSSR count). The maximum absolute atomic E-state index is 13.3. The number of aliphatic carboxylic acids is 1. The molecule has 0 saturated heterocycles. The number of carbonyl (C=O) groups excluding carboxylic acids is 2. The molecule has 184 valence electrons. The number of carbonyl (C=O) groups is 3. The van der Waals surface area contributed by atoms with Gasteiger partial charge >= 0.3 is 13.6 Å². The third kappa shape index (κ3) is 5.11. The van der Waals surface area contributed by atoms with E-state index in [-0.39, 0.29) is 25.3 Å². The minimum atomic E-state index is -3.79. The fraction of sp³-hybridized carbons (Fsp3) is 0.435. The molecule has 0 spiro atoms. The van der Waals surface area contributed by atoms with Crippen LogP contribution in [0.15, 0.2) is 34.8 Å². The van der Waals surface area contributed by atoms with Gasteiger partial charge in [-0.3, -0.25) is 29.2 Å². The first-order chi connectivity index (χ1) is 16.0. The Kier molecular flexibility index (Phi) is 8.31. The largest absolute Gasteiger partial charge is 0.480 e. The first-order valence-electron chi connectivity index (χ1n) is 10.8. The highest BCUT2D eigenvalue weighted by atomic mass is 79.9. The molecule has 0 aliphatic carbocycles. The number of amides is 2. The lowest BCUT2D eigenvalue weighted by Crippen LogP contribution is -2.47. The molecule has 2 aromatic rings. The van der Waals surface area contributed by atoms with E-state index >= 15 is 0 Å². The van der Waals surface area contributed by atoms with Gasteiger partial charge < -0.3 is 14.2 Å². The molecule has 0 bridgehead atoms. The molecule has 11 heteroatoms. The van der Waals surface area contributed by atoms with Crippen LogP contribution in [0.5, 0.6) is 0 Å². The summed E-state index contributed by atoms with van der Waals surface area (Å²) in [5, 5.41) is 13.9. The number of nitrogens with one attached hydrogen (secondary N) is 1. The number of carboxylic acid groups (broad SMARTS) is 1. The lowest BCUT2D eigenvalue weighted by atomic mass is 9.94. The van der Waals surface area contributed by atoms with Crippen molar-refractivity contribution in [1.29, 1.82) is 0 Å². The molecule has 1 aliphatic heterocycles. The monoisotopic (exact) mass is 554 g/mol. The normalized spacial score (nSPS) is 15.8. The van der Waals surface area contributed by atoms with Crippen molar-refractivity contribution in [2.45, 2.75) is 38.5 Å². The number of rotatable bonds is 11. The number of nitrogens with zero attached hydrogens (tertiary/aromatic N) is 1. The third-order valence-electron chi connectivity index (χ3n) is 5.84. The average molecular weight is 555 g/mol. The molecule has 0 aromatic heterocycles. The number of halogens is 1. The van der Waals surface area contributed by atoms with Gasteiger partial charge in [0.1, 0.15) is 11.8 Å². The Balaban J connectivity index is 1.92. The van der Waals surface area contributed by atoms with Crippen LogP contribution in [0.2, 0.25) is 0 Å². The Morgan fingerprint density at radius 2 is 1.82 bits per heavy atom. The van der Waals surface area contributed by atoms with Gasteiger partial charge in [-0.1, -0.05) is 32.0 Å². The van der Waals surface area contributed by atoms with Gasteiger partial charge in [0.15, 0.2) is 0 Å². The number of hydrogen-bond acceptors (Lipinski definition) is 7. The van der Waals surface area contributed by atoms with Crippen molar-refractivity contribution in [1.82, 2.24) is 10.2 Å². The molecule has 34 heavy (non-hydrogen) atoms. The van der Waals surface area contributed by atoms with Gasteiger partial charge in [-0.25, -0.2) is 0 Å². The van der Waals surface area contributed by atoms with Gasteiger partial charge in [-0.05, 0) is 52.2 Å². The van der Waals surface area contributed by atoms with Crippen molar-refractivity contribution in [3.8, 4) is 0 Å². The average Bonchev–Trinajstić information content (AvgIpc) is 2.80. The van der Waals surface area contributed by atoms with E-state index in [0.717, 1.165) is 10.3 Å². The van der Waals surface area contributed by atoms with Crippen LogP contribution < -0.4 is 5.32 Å². The molecular weight excluding hydrogens is 527 g/mol. The van der Waals surface area contributed by atoms with Crippen molar-refractivity contribution in [2.75, 3.05) is 20.8 Å².